The topological polar surface area (TPSA) is 77.8 Å². The summed E-state index contributed by atoms with van der Waals surface area (Å²) in [6.07, 6.45) is 15.6. The quantitative estimate of drug-likeness (QED) is 0.0804. The van der Waals surface area contributed by atoms with Crippen LogP contribution in [0, 0.1) is 0 Å². The lowest BCUT2D eigenvalue weighted by atomic mass is 9.95. The van der Waals surface area contributed by atoms with Gasteiger partial charge in [-0.3, -0.25) is 4.98 Å². The van der Waals surface area contributed by atoms with E-state index in [0.717, 1.165) is 115 Å². The number of aryl methyl sites for hydroxylation is 4. The van der Waals surface area contributed by atoms with Crippen molar-refractivity contribution in [2.24, 2.45) is 0 Å². The molecule has 0 unspecified atom stereocenters. The molecule has 10 rings (SSSR count). The molecule has 4 heterocycles. The van der Waals surface area contributed by atoms with Gasteiger partial charge in [0.2, 0.25) is 11.8 Å². The first-order chi connectivity index (χ1) is 34.5. The Morgan fingerprint density at radius 3 is 1.17 bits per heavy atom. The zero-order chi connectivity index (χ0) is 47.8. The molecule has 0 N–H and O–H groups in total. The van der Waals surface area contributed by atoms with Gasteiger partial charge in [0.1, 0.15) is 11.0 Å². The maximum atomic E-state index is 6.38. The Hall–Kier alpha value is -7.44. The van der Waals surface area contributed by atoms with E-state index in [0.29, 0.717) is 11.8 Å². The summed E-state index contributed by atoms with van der Waals surface area (Å²) < 4.78 is 12.8. The Morgan fingerprint density at radius 1 is 0.357 bits per heavy atom. The van der Waals surface area contributed by atoms with Gasteiger partial charge in [0, 0.05) is 28.5 Å². The number of rotatable bonds is 19. The highest BCUT2D eigenvalue weighted by Crippen LogP contribution is 2.37. The SMILES string of the molecule is CCCCc1cc2nc(-c3ccc(-c4ccc(-c5ccc(-c6ccccn6)nc5-c5ccc(-c6ccc(-c7nc8cc(CCCC)c(CCCC)cc8o7)cc6)cc5)cc4)cc3)oc2cc1CCCC. The molecule has 0 spiro atoms. The van der Waals surface area contributed by atoms with Gasteiger partial charge >= 0.3 is 0 Å². The number of unbranched alkanes of at least 4 members (excludes halogenated alkanes) is 4. The molecule has 0 amide bonds. The van der Waals surface area contributed by atoms with Crippen LogP contribution in [0.25, 0.3) is 101 Å². The van der Waals surface area contributed by atoms with Gasteiger partial charge in [0.05, 0.1) is 17.1 Å². The van der Waals surface area contributed by atoms with Gasteiger partial charge in [-0.15, -0.1) is 0 Å². The van der Waals surface area contributed by atoms with Gasteiger partial charge in [-0.05, 0) is 174 Å². The van der Waals surface area contributed by atoms with Crippen molar-refractivity contribution in [2.45, 2.75) is 105 Å². The molecule has 6 nitrogen and oxygen atoms in total. The van der Waals surface area contributed by atoms with Crippen LogP contribution in [0.2, 0.25) is 0 Å². The van der Waals surface area contributed by atoms with Crippen LogP contribution >= 0.6 is 0 Å². The van der Waals surface area contributed by atoms with Crippen molar-refractivity contribution in [1.29, 1.82) is 0 Å². The van der Waals surface area contributed by atoms with E-state index < -0.39 is 0 Å². The van der Waals surface area contributed by atoms with Crippen molar-refractivity contribution >= 4 is 22.2 Å². The largest absolute Gasteiger partial charge is 0.436 e. The molecule has 0 bridgehead atoms. The van der Waals surface area contributed by atoms with Crippen molar-refractivity contribution in [3.63, 3.8) is 0 Å². The van der Waals surface area contributed by atoms with Crippen molar-refractivity contribution < 1.29 is 8.83 Å². The number of nitrogens with zero attached hydrogens (tertiary/aromatic N) is 4. The molecule has 6 heteroatoms. The Bertz CT molecular complexity index is 3240. The molecule has 0 saturated heterocycles. The first-order valence-corrected chi connectivity index (χ1v) is 25.7. The van der Waals surface area contributed by atoms with E-state index in [1.54, 1.807) is 0 Å². The number of fused-ring (bicyclic) bond motifs is 2. The minimum Gasteiger partial charge on any atom is -0.436 e. The molecular weight excluding hydrogens is 857 g/mol. The average molecular weight is 919 g/mol. The maximum absolute atomic E-state index is 6.38. The third-order valence-electron chi connectivity index (χ3n) is 13.7. The van der Waals surface area contributed by atoms with Gasteiger partial charge < -0.3 is 8.83 Å². The highest BCUT2D eigenvalue weighted by atomic mass is 16.4. The molecule has 0 fully saturated rings. The van der Waals surface area contributed by atoms with Crippen LogP contribution in [0.5, 0.6) is 0 Å². The fourth-order valence-electron chi connectivity index (χ4n) is 9.61. The predicted octanol–water partition coefficient (Wildman–Crippen LogP) is 17.8. The molecule has 0 aliphatic heterocycles. The van der Waals surface area contributed by atoms with Crippen LogP contribution < -0.4 is 0 Å². The second-order valence-corrected chi connectivity index (χ2v) is 18.7. The zero-order valence-electron chi connectivity index (χ0n) is 41.1. The van der Waals surface area contributed by atoms with Crippen molar-refractivity contribution in [1.82, 2.24) is 19.9 Å². The second-order valence-electron chi connectivity index (χ2n) is 18.7. The summed E-state index contributed by atoms with van der Waals surface area (Å²) >= 11 is 0. The summed E-state index contributed by atoms with van der Waals surface area (Å²) in [6, 6.07) is 53.7. The summed E-state index contributed by atoms with van der Waals surface area (Å²) in [5, 5.41) is 0. The summed E-state index contributed by atoms with van der Waals surface area (Å²) in [5.74, 6) is 1.32. The van der Waals surface area contributed by atoms with Crippen LogP contribution in [-0.2, 0) is 25.7 Å². The van der Waals surface area contributed by atoms with Crippen LogP contribution in [0.3, 0.4) is 0 Å². The molecule has 0 radical (unpaired) electrons. The first-order valence-electron chi connectivity index (χ1n) is 25.7. The standard InChI is InChI=1S/C64H62N4O2/c1-5-9-15-51-39-58-60(41-53(51)17-11-7-3)69-63(67-58)49-32-24-45(25-33-49)43-20-28-47(29-21-43)55-36-37-57(56-19-13-14-38-65-56)66-62(55)48-30-22-44(23-31-48)46-26-34-50(35-27-46)64-68-59-40-52(16-10-6-2)54(18-12-8-4)42-61(59)70-64/h13-14,19-42H,5-12,15-18H2,1-4H3. The minimum atomic E-state index is 0.659. The summed E-state index contributed by atoms with van der Waals surface area (Å²) in [7, 11) is 0. The van der Waals surface area contributed by atoms with Gasteiger partial charge in [-0.25, -0.2) is 15.0 Å². The van der Waals surface area contributed by atoms with Crippen LogP contribution in [0.4, 0.5) is 0 Å². The lowest BCUT2D eigenvalue weighted by molar-refractivity contribution is 0.618. The Labute approximate surface area is 413 Å². The van der Waals surface area contributed by atoms with E-state index in [-0.39, 0.29) is 0 Å². The van der Waals surface area contributed by atoms with Crippen LogP contribution in [-0.4, -0.2) is 19.9 Å². The number of oxazole rings is 2. The molecule has 4 aromatic heterocycles. The first kappa shape index (κ1) is 46.3. The van der Waals surface area contributed by atoms with Crippen molar-refractivity contribution in [2.75, 3.05) is 0 Å². The Morgan fingerprint density at radius 2 is 0.757 bits per heavy atom. The monoisotopic (exact) mass is 918 g/mol. The lowest BCUT2D eigenvalue weighted by Gasteiger charge is -2.13. The molecule has 10 aromatic rings. The second kappa shape index (κ2) is 21.5. The van der Waals surface area contributed by atoms with Gasteiger partial charge in [0.25, 0.3) is 0 Å². The minimum absolute atomic E-state index is 0.659. The van der Waals surface area contributed by atoms with Gasteiger partial charge in [-0.1, -0.05) is 132 Å². The molecular formula is C64H62N4O2. The molecule has 0 saturated carbocycles. The smallest absolute Gasteiger partial charge is 0.227 e. The maximum Gasteiger partial charge on any atom is 0.227 e. The molecule has 6 aromatic carbocycles. The van der Waals surface area contributed by atoms with Crippen LogP contribution in [0.1, 0.15) is 101 Å². The molecule has 0 aliphatic rings. The molecule has 70 heavy (non-hydrogen) atoms. The normalized spacial score (nSPS) is 11.5. The molecule has 0 atom stereocenters. The summed E-state index contributed by atoms with van der Waals surface area (Å²) in [6.45, 7) is 9.00. The molecule has 0 aliphatic carbocycles. The van der Waals surface area contributed by atoms with E-state index in [9.17, 15) is 0 Å². The zero-order valence-corrected chi connectivity index (χ0v) is 41.1. The van der Waals surface area contributed by atoms with Gasteiger partial charge in [-0.2, -0.15) is 0 Å². The van der Waals surface area contributed by atoms with E-state index >= 15 is 0 Å². The number of aromatic nitrogens is 4. The number of benzene rings is 6. The van der Waals surface area contributed by atoms with E-state index in [4.69, 9.17) is 23.8 Å². The van der Waals surface area contributed by atoms with E-state index in [1.807, 2.05) is 24.4 Å². The molecule has 350 valence electrons. The number of hydrogen-bond acceptors (Lipinski definition) is 6. The fraction of sp³-hybridized carbons (Fsp3) is 0.250. The fourth-order valence-corrected chi connectivity index (χ4v) is 9.61. The number of hydrogen-bond donors (Lipinski definition) is 0. The summed E-state index contributed by atoms with van der Waals surface area (Å²) in [5.41, 5.74) is 21.4. The summed E-state index contributed by atoms with van der Waals surface area (Å²) in [4.78, 5) is 19.8. The van der Waals surface area contributed by atoms with Crippen molar-refractivity contribution in [3.05, 3.63) is 180 Å². The lowest BCUT2D eigenvalue weighted by Crippen LogP contribution is -1.95. The highest BCUT2D eigenvalue weighted by Gasteiger charge is 2.17. The van der Waals surface area contributed by atoms with Crippen molar-refractivity contribution in [3.8, 4) is 78.9 Å². The average Bonchev–Trinajstić information content (AvgIpc) is 4.04. The number of pyridine rings is 2. The Kier molecular flexibility index (Phi) is 14.2. The highest BCUT2D eigenvalue weighted by molar-refractivity contribution is 5.85. The van der Waals surface area contributed by atoms with E-state index in [2.05, 4.69) is 166 Å². The third kappa shape index (κ3) is 10.1. The predicted molar refractivity (Wildman–Crippen MR) is 290 cm³/mol. The van der Waals surface area contributed by atoms with E-state index in [1.165, 1.54) is 73.6 Å². The van der Waals surface area contributed by atoms with Crippen LogP contribution in [0.15, 0.2) is 167 Å². The Balaban J connectivity index is 0.890. The third-order valence-corrected chi connectivity index (χ3v) is 13.7. The van der Waals surface area contributed by atoms with Gasteiger partial charge in [0.15, 0.2) is 11.2 Å².